The zero-order chi connectivity index (χ0) is 24.2. The number of carbonyl (C=O) groups excluding carboxylic acids is 1. The van der Waals surface area contributed by atoms with E-state index in [1.165, 1.54) is 16.8 Å². The summed E-state index contributed by atoms with van der Waals surface area (Å²) in [6, 6.07) is 16.7. The van der Waals surface area contributed by atoms with E-state index in [0.717, 1.165) is 62.9 Å². The lowest BCUT2D eigenvalue weighted by Crippen LogP contribution is -2.47. The molecule has 1 fully saturated rings. The van der Waals surface area contributed by atoms with E-state index in [2.05, 4.69) is 51.4 Å². The van der Waals surface area contributed by atoms with Crippen LogP contribution in [-0.4, -0.2) is 71.6 Å². The molecule has 0 unspecified atom stereocenters. The Labute approximate surface area is 228 Å². The van der Waals surface area contributed by atoms with Gasteiger partial charge in [-0.1, -0.05) is 30.3 Å². The smallest absolute Gasteiger partial charge is 0.274 e. The van der Waals surface area contributed by atoms with Crippen molar-refractivity contribution in [1.82, 2.24) is 19.4 Å². The zero-order valence-corrected chi connectivity index (χ0v) is 23.7. The molecule has 8 heteroatoms. The van der Waals surface area contributed by atoms with Crippen molar-refractivity contribution in [1.29, 1.82) is 0 Å². The Balaban J connectivity index is 0.00000228. The van der Waals surface area contributed by atoms with Gasteiger partial charge in [-0.05, 0) is 70.0 Å². The van der Waals surface area contributed by atoms with Gasteiger partial charge >= 0.3 is 0 Å². The maximum Gasteiger partial charge on any atom is 0.274 e. The summed E-state index contributed by atoms with van der Waals surface area (Å²) in [5.41, 5.74) is 6.58. The third kappa shape index (κ3) is 6.41. The molecule has 2 aromatic carbocycles. The average molecular weight is 533 g/mol. The quantitative estimate of drug-likeness (QED) is 0.418. The van der Waals surface area contributed by atoms with Crippen molar-refractivity contribution in [3.63, 3.8) is 0 Å². The van der Waals surface area contributed by atoms with E-state index in [0.29, 0.717) is 5.69 Å². The molecule has 0 saturated carbocycles. The van der Waals surface area contributed by atoms with Gasteiger partial charge in [0.05, 0.1) is 5.69 Å². The standard InChI is InChI=1S/C28H37N5O.2ClH/c1-21-11-9-14-26(22(21)2)32-19-17-31(18-20-32)16-10-15-30(5)28(34)27-23(3)33(24(4)29-27)25-12-7-6-8-13-25;;/h6-9,11-14H,10,15-20H2,1-5H3;2*1H. The van der Waals surface area contributed by atoms with Crippen molar-refractivity contribution in [2.24, 2.45) is 0 Å². The van der Waals surface area contributed by atoms with Crippen molar-refractivity contribution in [2.75, 3.05) is 51.2 Å². The van der Waals surface area contributed by atoms with Crippen molar-refractivity contribution in [3.05, 3.63) is 76.9 Å². The Bertz CT molecular complexity index is 1140. The minimum absolute atomic E-state index is 0. The average Bonchev–Trinajstić information content (AvgIpc) is 3.15. The summed E-state index contributed by atoms with van der Waals surface area (Å²) in [6.07, 6.45) is 0.961. The number of piperazine rings is 1. The largest absolute Gasteiger partial charge is 0.369 e. The number of halogens is 2. The third-order valence-corrected chi connectivity index (χ3v) is 7.10. The van der Waals surface area contributed by atoms with Gasteiger partial charge in [0.25, 0.3) is 5.91 Å². The van der Waals surface area contributed by atoms with Gasteiger partial charge in [0.15, 0.2) is 0 Å². The van der Waals surface area contributed by atoms with Crippen LogP contribution in [-0.2, 0) is 0 Å². The fraction of sp³-hybridized carbons (Fsp3) is 0.429. The van der Waals surface area contributed by atoms with Gasteiger partial charge in [0.2, 0.25) is 0 Å². The lowest BCUT2D eigenvalue weighted by molar-refractivity contribution is 0.0782. The highest BCUT2D eigenvalue weighted by atomic mass is 35.5. The van der Waals surface area contributed by atoms with Crippen LogP contribution >= 0.6 is 24.8 Å². The topological polar surface area (TPSA) is 44.6 Å². The first-order valence-electron chi connectivity index (χ1n) is 12.3. The molecule has 6 nitrogen and oxygen atoms in total. The monoisotopic (exact) mass is 531 g/mol. The minimum atomic E-state index is -0.00461. The molecule has 4 rings (SSSR count). The van der Waals surface area contributed by atoms with Gasteiger partial charge < -0.3 is 14.4 Å². The molecule has 0 spiro atoms. The highest BCUT2D eigenvalue weighted by Crippen LogP contribution is 2.24. The molecule has 0 atom stereocenters. The molecular formula is C28H39Cl2N5O. The fourth-order valence-corrected chi connectivity index (χ4v) is 4.91. The van der Waals surface area contributed by atoms with Gasteiger partial charge in [-0.2, -0.15) is 0 Å². The number of imidazole rings is 1. The number of aromatic nitrogens is 2. The molecule has 1 aliphatic rings. The molecule has 196 valence electrons. The van der Waals surface area contributed by atoms with Crippen LogP contribution in [0.15, 0.2) is 48.5 Å². The molecule has 0 bridgehead atoms. The summed E-state index contributed by atoms with van der Waals surface area (Å²) in [7, 11) is 1.89. The Morgan fingerprint density at radius 1 is 0.917 bits per heavy atom. The van der Waals surface area contributed by atoms with E-state index in [4.69, 9.17) is 0 Å². The maximum atomic E-state index is 13.1. The van der Waals surface area contributed by atoms with Crippen LogP contribution < -0.4 is 4.90 Å². The first-order chi connectivity index (χ1) is 16.4. The summed E-state index contributed by atoms with van der Waals surface area (Å²) in [6.45, 7) is 14.3. The lowest BCUT2D eigenvalue weighted by Gasteiger charge is -2.37. The Hall–Kier alpha value is -2.54. The van der Waals surface area contributed by atoms with Crippen LogP contribution in [0.4, 0.5) is 5.69 Å². The summed E-state index contributed by atoms with van der Waals surface area (Å²) in [4.78, 5) is 24.6. The van der Waals surface area contributed by atoms with Crippen molar-refractivity contribution in [3.8, 4) is 5.69 Å². The van der Waals surface area contributed by atoms with E-state index in [1.807, 2.05) is 56.1 Å². The second-order valence-corrected chi connectivity index (χ2v) is 9.39. The maximum absolute atomic E-state index is 13.1. The number of rotatable bonds is 7. The molecule has 0 aliphatic carbocycles. The third-order valence-electron chi connectivity index (χ3n) is 7.10. The number of anilines is 1. The molecular weight excluding hydrogens is 493 g/mol. The van der Waals surface area contributed by atoms with Crippen molar-refractivity contribution >= 4 is 36.4 Å². The Morgan fingerprint density at radius 3 is 2.25 bits per heavy atom. The van der Waals surface area contributed by atoms with E-state index in [1.54, 1.807) is 0 Å². The van der Waals surface area contributed by atoms with E-state index in [9.17, 15) is 4.79 Å². The van der Waals surface area contributed by atoms with Crippen LogP contribution in [0.5, 0.6) is 0 Å². The number of hydrogen-bond acceptors (Lipinski definition) is 4. The van der Waals surface area contributed by atoms with E-state index in [-0.39, 0.29) is 30.7 Å². The van der Waals surface area contributed by atoms with Gasteiger partial charge in [-0.25, -0.2) is 4.98 Å². The number of benzene rings is 2. The van der Waals surface area contributed by atoms with Gasteiger partial charge in [-0.3, -0.25) is 9.69 Å². The zero-order valence-electron chi connectivity index (χ0n) is 22.0. The number of amides is 1. The first-order valence-corrected chi connectivity index (χ1v) is 12.3. The molecule has 1 amide bonds. The molecule has 2 heterocycles. The van der Waals surface area contributed by atoms with Gasteiger partial charge in [0.1, 0.15) is 11.5 Å². The minimum Gasteiger partial charge on any atom is -0.369 e. The molecule has 36 heavy (non-hydrogen) atoms. The normalized spacial score (nSPS) is 13.6. The van der Waals surface area contributed by atoms with E-state index < -0.39 is 0 Å². The van der Waals surface area contributed by atoms with E-state index >= 15 is 0 Å². The van der Waals surface area contributed by atoms with Crippen LogP contribution in [0.2, 0.25) is 0 Å². The number of aryl methyl sites for hydroxylation is 2. The van der Waals surface area contributed by atoms with Crippen molar-refractivity contribution < 1.29 is 4.79 Å². The summed E-state index contributed by atoms with van der Waals surface area (Å²) < 4.78 is 2.05. The predicted octanol–water partition coefficient (Wildman–Crippen LogP) is 5.23. The highest BCUT2D eigenvalue weighted by Gasteiger charge is 2.22. The van der Waals surface area contributed by atoms with Crippen molar-refractivity contribution in [2.45, 2.75) is 34.1 Å². The number of nitrogens with zero attached hydrogens (tertiary/aromatic N) is 5. The Morgan fingerprint density at radius 2 is 1.58 bits per heavy atom. The molecule has 0 radical (unpaired) electrons. The predicted molar refractivity (Wildman–Crippen MR) is 154 cm³/mol. The number of carbonyl (C=O) groups is 1. The molecule has 1 aromatic heterocycles. The SMILES string of the molecule is Cc1cccc(N2CCN(CCCN(C)C(=O)c3nc(C)n(-c4ccccc4)c3C)CC2)c1C.Cl.Cl. The molecule has 1 saturated heterocycles. The molecule has 1 aliphatic heterocycles. The van der Waals surface area contributed by atoms with Gasteiger partial charge in [-0.15, -0.1) is 24.8 Å². The molecule has 3 aromatic rings. The highest BCUT2D eigenvalue weighted by molar-refractivity contribution is 5.93. The lowest BCUT2D eigenvalue weighted by atomic mass is 10.1. The summed E-state index contributed by atoms with van der Waals surface area (Å²) in [5.74, 6) is 0.831. The fourth-order valence-electron chi connectivity index (χ4n) is 4.91. The number of para-hydroxylation sites is 1. The van der Waals surface area contributed by atoms with Gasteiger partial charge in [0, 0.05) is 51.1 Å². The van der Waals surface area contributed by atoms with Crippen LogP contribution in [0, 0.1) is 27.7 Å². The first kappa shape index (κ1) is 29.7. The number of hydrogen-bond donors (Lipinski definition) is 0. The molecule has 0 N–H and O–H groups in total. The van der Waals surface area contributed by atoms with Crippen LogP contribution in [0.3, 0.4) is 0 Å². The summed E-state index contributed by atoms with van der Waals surface area (Å²) in [5, 5.41) is 0. The second kappa shape index (κ2) is 13.1. The van der Waals surface area contributed by atoms with Crippen LogP contribution in [0.1, 0.15) is 39.6 Å². The van der Waals surface area contributed by atoms with Crippen LogP contribution in [0.25, 0.3) is 5.69 Å². The second-order valence-electron chi connectivity index (χ2n) is 9.39. The Kier molecular flexibility index (Phi) is 10.8. The summed E-state index contributed by atoms with van der Waals surface area (Å²) >= 11 is 0.